The van der Waals surface area contributed by atoms with E-state index in [1.807, 2.05) is 6.26 Å². The van der Waals surface area contributed by atoms with E-state index >= 15 is 0 Å². The van der Waals surface area contributed by atoms with E-state index in [9.17, 15) is 18.0 Å². The third kappa shape index (κ3) is 8.66. The van der Waals surface area contributed by atoms with Crippen molar-refractivity contribution in [2.24, 2.45) is 4.99 Å². The van der Waals surface area contributed by atoms with E-state index in [0.717, 1.165) is 30.7 Å². The van der Waals surface area contributed by atoms with Crippen molar-refractivity contribution in [1.82, 2.24) is 10.6 Å². The molecule has 0 aliphatic carbocycles. The van der Waals surface area contributed by atoms with Gasteiger partial charge in [0.1, 0.15) is 0 Å². The van der Waals surface area contributed by atoms with Crippen molar-refractivity contribution in [2.45, 2.75) is 12.8 Å². The van der Waals surface area contributed by atoms with Gasteiger partial charge in [-0.3, -0.25) is 9.79 Å². The molecule has 5 nitrogen and oxygen atoms in total. The Morgan fingerprint density at radius 3 is 2.52 bits per heavy atom. The predicted molar refractivity (Wildman–Crippen MR) is 107 cm³/mol. The van der Waals surface area contributed by atoms with Gasteiger partial charge in [-0.05, 0) is 37.0 Å². The standard InChI is InChI=1S/C15H21F3N4OS.HI/c1-19-15(20-7-3-4-8-24-2)21-9-12(23)22-11-6-5-10(16)13(17)14(11)18;/h5-6H,3-4,7-9H2,1-2H3,(H,22,23)(H2,19,20,21);1H. The minimum absolute atomic E-state index is 0. The Hall–Kier alpha value is -1.17. The molecule has 1 rings (SSSR count). The fourth-order valence-corrected chi connectivity index (χ4v) is 2.27. The second-order valence-corrected chi connectivity index (χ2v) is 5.81. The van der Waals surface area contributed by atoms with Crippen LogP contribution >= 0.6 is 35.7 Å². The maximum absolute atomic E-state index is 13.5. The highest BCUT2D eigenvalue weighted by Gasteiger charge is 2.15. The quantitative estimate of drug-likeness (QED) is 0.173. The van der Waals surface area contributed by atoms with Gasteiger partial charge in [-0.25, -0.2) is 13.2 Å². The highest BCUT2D eigenvalue weighted by molar-refractivity contribution is 14.0. The zero-order chi connectivity index (χ0) is 17.9. The third-order valence-corrected chi connectivity index (χ3v) is 3.71. The zero-order valence-electron chi connectivity index (χ0n) is 14.0. The van der Waals surface area contributed by atoms with Gasteiger partial charge in [0.25, 0.3) is 0 Å². The summed E-state index contributed by atoms with van der Waals surface area (Å²) in [4.78, 5) is 15.7. The molecule has 0 aromatic heterocycles. The lowest BCUT2D eigenvalue weighted by molar-refractivity contribution is -0.115. The first kappa shape index (κ1) is 23.8. The van der Waals surface area contributed by atoms with Crippen LogP contribution in [0.3, 0.4) is 0 Å². The van der Waals surface area contributed by atoms with Crippen LogP contribution in [0.15, 0.2) is 17.1 Å². The molecule has 0 bridgehead atoms. The minimum atomic E-state index is -1.62. The van der Waals surface area contributed by atoms with Crippen LogP contribution in [0.2, 0.25) is 0 Å². The molecular weight excluding hydrogens is 468 g/mol. The van der Waals surface area contributed by atoms with Gasteiger partial charge in [0.05, 0.1) is 12.2 Å². The topological polar surface area (TPSA) is 65.5 Å². The molecule has 0 aliphatic heterocycles. The molecule has 3 N–H and O–H groups in total. The highest BCUT2D eigenvalue weighted by Crippen LogP contribution is 2.19. The number of rotatable bonds is 8. The van der Waals surface area contributed by atoms with Gasteiger partial charge in [0.15, 0.2) is 23.4 Å². The van der Waals surface area contributed by atoms with E-state index in [2.05, 4.69) is 20.9 Å². The van der Waals surface area contributed by atoms with Crippen LogP contribution in [0, 0.1) is 17.5 Å². The Morgan fingerprint density at radius 1 is 1.16 bits per heavy atom. The number of amides is 1. The second kappa shape index (κ2) is 13.1. The number of hydrogen-bond donors (Lipinski definition) is 3. The molecule has 0 spiro atoms. The van der Waals surface area contributed by atoms with Gasteiger partial charge >= 0.3 is 0 Å². The monoisotopic (exact) mass is 490 g/mol. The average molecular weight is 490 g/mol. The summed E-state index contributed by atoms with van der Waals surface area (Å²) in [5.41, 5.74) is -0.416. The number of nitrogens with zero attached hydrogens (tertiary/aromatic N) is 1. The van der Waals surface area contributed by atoms with E-state index in [1.165, 1.54) is 0 Å². The normalized spacial score (nSPS) is 10.8. The van der Waals surface area contributed by atoms with Crippen LogP contribution in [-0.2, 0) is 4.79 Å². The average Bonchev–Trinajstić information content (AvgIpc) is 2.58. The fraction of sp³-hybridized carbons (Fsp3) is 0.467. The van der Waals surface area contributed by atoms with E-state index < -0.39 is 29.0 Å². The summed E-state index contributed by atoms with van der Waals surface area (Å²) in [5, 5.41) is 7.97. The molecule has 0 fully saturated rings. The van der Waals surface area contributed by atoms with E-state index in [0.29, 0.717) is 12.5 Å². The van der Waals surface area contributed by atoms with E-state index in [-0.39, 0.29) is 30.5 Å². The third-order valence-electron chi connectivity index (χ3n) is 3.02. The van der Waals surface area contributed by atoms with Gasteiger partial charge in [-0.15, -0.1) is 24.0 Å². The van der Waals surface area contributed by atoms with Crippen molar-refractivity contribution in [1.29, 1.82) is 0 Å². The van der Waals surface area contributed by atoms with E-state index in [1.54, 1.807) is 18.8 Å². The fourth-order valence-electron chi connectivity index (χ4n) is 1.78. The first-order valence-electron chi connectivity index (χ1n) is 7.36. The maximum Gasteiger partial charge on any atom is 0.243 e. The number of unbranched alkanes of at least 4 members (excludes halogenated alkanes) is 1. The smallest absolute Gasteiger partial charge is 0.243 e. The van der Waals surface area contributed by atoms with Crippen LogP contribution in [0.5, 0.6) is 0 Å². The number of hydrogen-bond acceptors (Lipinski definition) is 3. The van der Waals surface area contributed by atoms with Crippen molar-refractivity contribution in [3.8, 4) is 0 Å². The molecule has 0 unspecified atom stereocenters. The molecule has 0 aliphatic rings. The van der Waals surface area contributed by atoms with Crippen molar-refractivity contribution >= 4 is 53.3 Å². The van der Waals surface area contributed by atoms with Crippen molar-refractivity contribution in [2.75, 3.05) is 37.5 Å². The molecular formula is C15H22F3IN4OS. The van der Waals surface area contributed by atoms with Gasteiger partial charge in [-0.2, -0.15) is 11.8 Å². The minimum Gasteiger partial charge on any atom is -0.356 e. The summed E-state index contributed by atoms with van der Waals surface area (Å²) in [6, 6.07) is 1.71. The number of thioether (sulfide) groups is 1. The van der Waals surface area contributed by atoms with Crippen molar-refractivity contribution < 1.29 is 18.0 Å². The summed E-state index contributed by atoms with van der Waals surface area (Å²) in [6.45, 7) is 0.516. The molecule has 1 aromatic rings. The van der Waals surface area contributed by atoms with E-state index in [4.69, 9.17) is 0 Å². The SMILES string of the molecule is CN=C(NCCCCSC)NCC(=O)Nc1ccc(F)c(F)c1F.I. The molecule has 25 heavy (non-hydrogen) atoms. The van der Waals surface area contributed by atoms with Crippen molar-refractivity contribution in [3.63, 3.8) is 0 Å². The molecule has 1 amide bonds. The van der Waals surface area contributed by atoms with Gasteiger partial charge in [0, 0.05) is 13.6 Å². The van der Waals surface area contributed by atoms with Crippen LogP contribution in [0.1, 0.15) is 12.8 Å². The molecule has 0 radical (unpaired) electrons. The summed E-state index contributed by atoms with van der Waals surface area (Å²) in [5.74, 6) is -3.46. The molecule has 0 atom stereocenters. The lowest BCUT2D eigenvalue weighted by atomic mass is 10.2. The Bertz CT molecular complexity index is 590. The lowest BCUT2D eigenvalue weighted by Crippen LogP contribution is -2.41. The summed E-state index contributed by atoms with van der Waals surface area (Å²) >= 11 is 1.78. The maximum atomic E-state index is 13.5. The van der Waals surface area contributed by atoms with Crippen molar-refractivity contribution in [3.05, 3.63) is 29.6 Å². The number of halogens is 4. The number of carbonyl (C=O) groups excluding carboxylic acids is 1. The predicted octanol–water partition coefficient (Wildman–Crippen LogP) is 2.97. The molecule has 142 valence electrons. The van der Waals surface area contributed by atoms with Gasteiger partial charge in [-0.1, -0.05) is 0 Å². The van der Waals surface area contributed by atoms with Gasteiger partial charge in [0.2, 0.25) is 5.91 Å². The Kier molecular flexibility index (Phi) is 12.5. The van der Waals surface area contributed by atoms with Gasteiger partial charge < -0.3 is 16.0 Å². The first-order valence-corrected chi connectivity index (χ1v) is 8.75. The number of anilines is 1. The second-order valence-electron chi connectivity index (χ2n) is 4.82. The highest BCUT2D eigenvalue weighted by atomic mass is 127. The number of guanidine groups is 1. The molecule has 1 aromatic carbocycles. The molecule has 0 saturated carbocycles. The first-order chi connectivity index (χ1) is 11.5. The largest absolute Gasteiger partial charge is 0.356 e. The Morgan fingerprint density at radius 2 is 1.88 bits per heavy atom. The number of carbonyl (C=O) groups is 1. The Labute approximate surface area is 166 Å². The summed E-state index contributed by atoms with van der Waals surface area (Å²) in [6.07, 6.45) is 4.08. The van der Waals surface area contributed by atoms with Crippen LogP contribution in [0.25, 0.3) is 0 Å². The summed E-state index contributed by atoms with van der Waals surface area (Å²) in [7, 11) is 1.56. The zero-order valence-corrected chi connectivity index (χ0v) is 17.1. The molecule has 0 heterocycles. The summed E-state index contributed by atoms with van der Waals surface area (Å²) < 4.78 is 39.4. The lowest BCUT2D eigenvalue weighted by Gasteiger charge is -2.12. The number of nitrogens with one attached hydrogen (secondary N) is 3. The number of benzene rings is 1. The van der Waals surface area contributed by atoms with Crippen LogP contribution in [0.4, 0.5) is 18.9 Å². The molecule has 0 saturated heterocycles. The van der Waals surface area contributed by atoms with Crippen LogP contribution < -0.4 is 16.0 Å². The molecule has 10 heteroatoms. The number of aliphatic imine (C=N–C) groups is 1. The van der Waals surface area contributed by atoms with Crippen LogP contribution in [-0.4, -0.2) is 44.0 Å². The Balaban J connectivity index is 0.00000576.